The SMILES string of the molecule is CCn1nccc1CNCC(C)(C)NC(=O)OC(C)(C)C. The number of rotatable bonds is 6. The van der Waals surface area contributed by atoms with Crippen molar-refractivity contribution in [1.29, 1.82) is 0 Å². The number of nitrogens with one attached hydrogen (secondary N) is 2. The second kappa shape index (κ2) is 6.93. The Morgan fingerprint density at radius 3 is 2.57 bits per heavy atom. The molecule has 0 saturated heterocycles. The van der Waals surface area contributed by atoms with Crippen molar-refractivity contribution in [3.8, 4) is 0 Å². The summed E-state index contributed by atoms with van der Waals surface area (Å²) in [5.74, 6) is 0. The lowest BCUT2D eigenvalue weighted by atomic mass is 10.1. The van der Waals surface area contributed by atoms with Gasteiger partial charge in [0, 0.05) is 25.8 Å². The van der Waals surface area contributed by atoms with Gasteiger partial charge < -0.3 is 15.4 Å². The van der Waals surface area contributed by atoms with Crippen LogP contribution in [0.3, 0.4) is 0 Å². The van der Waals surface area contributed by atoms with Crippen LogP contribution in [0.15, 0.2) is 12.3 Å². The van der Waals surface area contributed by atoms with Crippen LogP contribution in [-0.2, 0) is 17.8 Å². The molecule has 120 valence electrons. The first-order chi connectivity index (χ1) is 9.63. The van der Waals surface area contributed by atoms with Crippen molar-refractivity contribution in [2.24, 2.45) is 0 Å². The van der Waals surface area contributed by atoms with Crippen LogP contribution in [0.4, 0.5) is 4.79 Å². The zero-order valence-electron chi connectivity index (χ0n) is 14.0. The van der Waals surface area contributed by atoms with Gasteiger partial charge in [-0.15, -0.1) is 0 Å². The van der Waals surface area contributed by atoms with Crippen LogP contribution in [0.25, 0.3) is 0 Å². The molecule has 0 aromatic carbocycles. The molecule has 0 radical (unpaired) electrons. The molecule has 6 nitrogen and oxygen atoms in total. The molecule has 0 spiro atoms. The van der Waals surface area contributed by atoms with Crippen molar-refractivity contribution in [3.05, 3.63) is 18.0 Å². The highest BCUT2D eigenvalue weighted by atomic mass is 16.6. The fraction of sp³-hybridized carbons (Fsp3) is 0.733. The summed E-state index contributed by atoms with van der Waals surface area (Å²) in [6, 6.07) is 1.99. The average molecular weight is 296 g/mol. The summed E-state index contributed by atoms with van der Waals surface area (Å²) >= 11 is 0. The predicted molar refractivity (Wildman–Crippen MR) is 83.1 cm³/mol. The molecule has 0 bridgehead atoms. The van der Waals surface area contributed by atoms with Gasteiger partial charge in [-0.3, -0.25) is 4.68 Å². The third-order valence-corrected chi connectivity index (χ3v) is 2.82. The van der Waals surface area contributed by atoms with Gasteiger partial charge >= 0.3 is 6.09 Å². The fourth-order valence-electron chi connectivity index (χ4n) is 1.92. The van der Waals surface area contributed by atoms with E-state index in [1.807, 2.05) is 45.4 Å². The molecule has 1 heterocycles. The van der Waals surface area contributed by atoms with Crippen LogP contribution in [0.5, 0.6) is 0 Å². The maximum absolute atomic E-state index is 11.8. The maximum atomic E-state index is 11.8. The summed E-state index contributed by atoms with van der Waals surface area (Å²) in [6.07, 6.45) is 1.40. The van der Waals surface area contributed by atoms with Gasteiger partial charge in [0.15, 0.2) is 0 Å². The van der Waals surface area contributed by atoms with Crippen LogP contribution < -0.4 is 10.6 Å². The fourth-order valence-corrected chi connectivity index (χ4v) is 1.92. The zero-order chi connectivity index (χ0) is 16.1. The van der Waals surface area contributed by atoms with E-state index in [9.17, 15) is 4.79 Å². The van der Waals surface area contributed by atoms with Crippen molar-refractivity contribution in [1.82, 2.24) is 20.4 Å². The zero-order valence-corrected chi connectivity index (χ0v) is 14.0. The second-order valence-electron chi connectivity index (χ2n) is 6.75. The molecule has 0 saturated carbocycles. The minimum atomic E-state index is -0.485. The Bertz CT molecular complexity index is 460. The Hall–Kier alpha value is -1.56. The van der Waals surface area contributed by atoms with Gasteiger partial charge in [0.2, 0.25) is 0 Å². The first-order valence-electron chi connectivity index (χ1n) is 7.35. The molecule has 1 amide bonds. The minimum absolute atomic E-state index is 0.389. The van der Waals surface area contributed by atoms with E-state index in [0.29, 0.717) is 13.1 Å². The Kier molecular flexibility index (Phi) is 5.78. The lowest BCUT2D eigenvalue weighted by Crippen LogP contribution is -2.51. The Morgan fingerprint density at radius 2 is 2.00 bits per heavy atom. The number of carbonyl (C=O) groups is 1. The highest BCUT2D eigenvalue weighted by Gasteiger charge is 2.24. The molecule has 0 fully saturated rings. The van der Waals surface area contributed by atoms with Crippen LogP contribution >= 0.6 is 0 Å². The molecule has 0 atom stereocenters. The number of hydrogen-bond donors (Lipinski definition) is 2. The van der Waals surface area contributed by atoms with Crippen LogP contribution in [0.2, 0.25) is 0 Å². The van der Waals surface area contributed by atoms with E-state index in [4.69, 9.17) is 4.74 Å². The molecule has 0 aliphatic heterocycles. The number of alkyl carbamates (subject to hydrolysis) is 1. The molecule has 0 unspecified atom stereocenters. The normalized spacial score (nSPS) is 12.3. The van der Waals surface area contributed by atoms with E-state index >= 15 is 0 Å². The summed E-state index contributed by atoms with van der Waals surface area (Å²) in [5, 5.41) is 10.4. The Morgan fingerprint density at radius 1 is 1.33 bits per heavy atom. The summed E-state index contributed by atoms with van der Waals surface area (Å²) < 4.78 is 7.22. The number of hydrogen-bond acceptors (Lipinski definition) is 4. The molecule has 0 aliphatic carbocycles. The monoisotopic (exact) mass is 296 g/mol. The lowest BCUT2D eigenvalue weighted by Gasteiger charge is -2.29. The number of aromatic nitrogens is 2. The Labute approximate surface area is 127 Å². The number of ether oxygens (including phenoxy) is 1. The van der Waals surface area contributed by atoms with Crippen LogP contribution in [0, 0.1) is 0 Å². The molecule has 1 aromatic heterocycles. The van der Waals surface area contributed by atoms with Gasteiger partial charge in [0.05, 0.1) is 11.2 Å². The molecule has 1 rings (SSSR count). The van der Waals surface area contributed by atoms with Crippen molar-refractivity contribution in [2.75, 3.05) is 6.54 Å². The van der Waals surface area contributed by atoms with Gasteiger partial charge in [-0.25, -0.2) is 4.79 Å². The molecule has 6 heteroatoms. The first kappa shape index (κ1) is 17.5. The van der Waals surface area contributed by atoms with Crippen molar-refractivity contribution >= 4 is 6.09 Å². The number of carbonyl (C=O) groups excluding carboxylic acids is 1. The average Bonchev–Trinajstić information content (AvgIpc) is 2.72. The second-order valence-corrected chi connectivity index (χ2v) is 6.75. The summed E-state index contributed by atoms with van der Waals surface area (Å²) in [6.45, 7) is 13.7. The van der Waals surface area contributed by atoms with E-state index in [-0.39, 0.29) is 5.54 Å². The highest BCUT2D eigenvalue weighted by molar-refractivity contribution is 5.68. The van der Waals surface area contributed by atoms with E-state index in [1.165, 1.54) is 0 Å². The highest BCUT2D eigenvalue weighted by Crippen LogP contribution is 2.09. The largest absolute Gasteiger partial charge is 0.444 e. The third kappa shape index (κ3) is 6.62. The Balaban J connectivity index is 2.41. The van der Waals surface area contributed by atoms with Gasteiger partial charge in [-0.2, -0.15) is 5.10 Å². The minimum Gasteiger partial charge on any atom is -0.444 e. The van der Waals surface area contributed by atoms with E-state index in [2.05, 4.69) is 22.7 Å². The molecule has 2 N–H and O–H groups in total. The standard InChI is InChI=1S/C15H28N4O2/c1-7-19-12(8-9-17-19)10-16-11-15(5,6)18-13(20)21-14(2,3)4/h8-9,16H,7,10-11H2,1-6H3,(H,18,20). The molecule has 0 aliphatic rings. The first-order valence-corrected chi connectivity index (χ1v) is 7.35. The molecular formula is C15H28N4O2. The molecule has 1 aromatic rings. The summed E-state index contributed by atoms with van der Waals surface area (Å²) in [7, 11) is 0. The molecular weight excluding hydrogens is 268 g/mol. The lowest BCUT2D eigenvalue weighted by molar-refractivity contribution is 0.0472. The van der Waals surface area contributed by atoms with Gasteiger partial charge in [0.1, 0.15) is 5.60 Å². The topological polar surface area (TPSA) is 68.2 Å². The smallest absolute Gasteiger partial charge is 0.408 e. The van der Waals surface area contributed by atoms with E-state index < -0.39 is 11.7 Å². The summed E-state index contributed by atoms with van der Waals surface area (Å²) in [5.41, 5.74) is 0.256. The van der Waals surface area contributed by atoms with Gasteiger partial charge in [0.25, 0.3) is 0 Å². The van der Waals surface area contributed by atoms with Crippen molar-refractivity contribution in [3.63, 3.8) is 0 Å². The number of nitrogens with zero attached hydrogens (tertiary/aromatic N) is 2. The quantitative estimate of drug-likeness (QED) is 0.845. The van der Waals surface area contributed by atoms with Crippen molar-refractivity contribution in [2.45, 2.75) is 65.8 Å². The third-order valence-electron chi connectivity index (χ3n) is 2.82. The summed E-state index contributed by atoms with van der Waals surface area (Å²) in [4.78, 5) is 11.8. The van der Waals surface area contributed by atoms with Gasteiger partial charge in [-0.05, 0) is 47.6 Å². The van der Waals surface area contributed by atoms with Crippen LogP contribution in [-0.4, -0.2) is 33.6 Å². The predicted octanol–water partition coefficient (Wildman–Crippen LogP) is 2.30. The van der Waals surface area contributed by atoms with Gasteiger partial charge in [-0.1, -0.05) is 0 Å². The number of amides is 1. The molecule has 21 heavy (non-hydrogen) atoms. The number of aryl methyl sites for hydroxylation is 1. The van der Waals surface area contributed by atoms with E-state index in [0.717, 1.165) is 12.2 Å². The van der Waals surface area contributed by atoms with Crippen LogP contribution in [0.1, 0.15) is 47.2 Å². The van der Waals surface area contributed by atoms with E-state index in [1.54, 1.807) is 6.20 Å². The maximum Gasteiger partial charge on any atom is 0.408 e. The van der Waals surface area contributed by atoms with Crippen molar-refractivity contribution < 1.29 is 9.53 Å².